The van der Waals surface area contributed by atoms with Gasteiger partial charge in [-0.1, -0.05) is 6.92 Å². The molecule has 1 aliphatic rings. The van der Waals surface area contributed by atoms with E-state index in [0.717, 1.165) is 30.3 Å². The molecule has 2 unspecified atom stereocenters. The Kier molecular flexibility index (Phi) is 2.66. The van der Waals surface area contributed by atoms with Gasteiger partial charge in [-0.25, -0.2) is 4.98 Å². The molecule has 0 spiro atoms. The van der Waals surface area contributed by atoms with E-state index in [4.69, 9.17) is 0 Å². The average Bonchev–Trinajstić information content (AvgIpc) is 2.93. The number of anilines is 1. The molecule has 0 saturated carbocycles. The quantitative estimate of drug-likeness (QED) is 0.843. The van der Waals surface area contributed by atoms with Gasteiger partial charge in [0.25, 0.3) is 0 Å². The van der Waals surface area contributed by atoms with E-state index >= 15 is 0 Å². The fourth-order valence-corrected chi connectivity index (χ4v) is 2.68. The van der Waals surface area contributed by atoms with Crippen molar-refractivity contribution in [3.8, 4) is 0 Å². The van der Waals surface area contributed by atoms with Gasteiger partial charge < -0.3 is 10.0 Å². The molecule has 6 heteroatoms. The molecule has 2 aromatic rings. The molecule has 2 aromatic heterocycles. The van der Waals surface area contributed by atoms with Gasteiger partial charge in [0.1, 0.15) is 5.82 Å². The van der Waals surface area contributed by atoms with Gasteiger partial charge in [0.2, 0.25) is 5.65 Å². The number of rotatable bonds is 2. The normalized spacial score (nSPS) is 24.1. The average molecular weight is 247 g/mol. The number of nitrogens with zero attached hydrogens (tertiary/aromatic N) is 5. The molecule has 3 rings (SSSR count). The van der Waals surface area contributed by atoms with Crippen LogP contribution >= 0.6 is 0 Å². The lowest BCUT2D eigenvalue weighted by Crippen LogP contribution is -2.36. The summed E-state index contributed by atoms with van der Waals surface area (Å²) in [5.41, 5.74) is 0.766. The highest BCUT2D eigenvalue weighted by molar-refractivity contribution is 5.64. The summed E-state index contributed by atoms with van der Waals surface area (Å²) >= 11 is 0. The van der Waals surface area contributed by atoms with E-state index in [2.05, 4.69) is 27.0 Å². The second-order valence-electron chi connectivity index (χ2n) is 4.90. The van der Waals surface area contributed by atoms with Gasteiger partial charge in [0, 0.05) is 18.9 Å². The van der Waals surface area contributed by atoms with Crippen molar-refractivity contribution in [1.82, 2.24) is 19.6 Å². The molecule has 1 saturated heterocycles. The van der Waals surface area contributed by atoms with Crippen LogP contribution in [-0.2, 0) is 0 Å². The van der Waals surface area contributed by atoms with Crippen molar-refractivity contribution in [3.63, 3.8) is 0 Å². The third-order valence-corrected chi connectivity index (χ3v) is 3.82. The molecular weight excluding hydrogens is 230 g/mol. The fraction of sp³-hybridized carbons (Fsp3) is 0.583. The summed E-state index contributed by atoms with van der Waals surface area (Å²) in [6.45, 7) is 5.14. The molecule has 0 amide bonds. The van der Waals surface area contributed by atoms with E-state index in [-0.39, 0.29) is 12.6 Å². The third kappa shape index (κ3) is 1.56. The SMILES string of the molecule is Cc1nnc2c(N3CCC(C)C3CO)nccn12. The molecule has 1 N–H and O–H groups in total. The van der Waals surface area contributed by atoms with Gasteiger partial charge in [-0.2, -0.15) is 0 Å². The Morgan fingerprint density at radius 3 is 3.06 bits per heavy atom. The van der Waals surface area contributed by atoms with Crippen LogP contribution in [0.3, 0.4) is 0 Å². The van der Waals surface area contributed by atoms with Gasteiger partial charge in [0.15, 0.2) is 5.82 Å². The number of aromatic nitrogens is 4. The third-order valence-electron chi connectivity index (χ3n) is 3.82. The Morgan fingerprint density at radius 1 is 1.44 bits per heavy atom. The molecule has 3 heterocycles. The summed E-state index contributed by atoms with van der Waals surface area (Å²) in [7, 11) is 0. The summed E-state index contributed by atoms with van der Waals surface area (Å²) in [5.74, 6) is 2.14. The maximum Gasteiger partial charge on any atom is 0.203 e. The zero-order chi connectivity index (χ0) is 12.7. The van der Waals surface area contributed by atoms with Crippen LogP contribution in [0, 0.1) is 12.8 Å². The van der Waals surface area contributed by atoms with Crippen LogP contribution in [0.25, 0.3) is 5.65 Å². The topological polar surface area (TPSA) is 66.5 Å². The maximum absolute atomic E-state index is 9.53. The first-order chi connectivity index (χ1) is 8.72. The van der Waals surface area contributed by atoms with E-state index in [1.165, 1.54) is 0 Å². The fourth-order valence-electron chi connectivity index (χ4n) is 2.68. The van der Waals surface area contributed by atoms with Gasteiger partial charge >= 0.3 is 0 Å². The second-order valence-corrected chi connectivity index (χ2v) is 4.90. The smallest absolute Gasteiger partial charge is 0.203 e. The molecule has 6 nitrogen and oxygen atoms in total. The van der Waals surface area contributed by atoms with Crippen molar-refractivity contribution in [2.24, 2.45) is 5.92 Å². The van der Waals surface area contributed by atoms with Crippen molar-refractivity contribution >= 4 is 11.5 Å². The molecule has 0 radical (unpaired) electrons. The van der Waals surface area contributed by atoms with Crippen molar-refractivity contribution in [3.05, 3.63) is 18.2 Å². The van der Waals surface area contributed by atoms with Gasteiger partial charge in [-0.05, 0) is 19.3 Å². The standard InChI is InChI=1S/C12H17N5O/c1-8-3-5-17(10(8)7-18)11-12-15-14-9(2)16(12)6-4-13-11/h4,6,8,10,18H,3,5,7H2,1-2H3. The summed E-state index contributed by atoms with van der Waals surface area (Å²) in [4.78, 5) is 6.57. The number of hydrogen-bond acceptors (Lipinski definition) is 5. The van der Waals surface area contributed by atoms with Crippen LogP contribution in [0.5, 0.6) is 0 Å². The minimum Gasteiger partial charge on any atom is -0.394 e. The van der Waals surface area contributed by atoms with Crippen LogP contribution in [-0.4, -0.2) is 43.9 Å². The molecule has 0 aromatic carbocycles. The van der Waals surface area contributed by atoms with E-state index in [9.17, 15) is 5.11 Å². The highest BCUT2D eigenvalue weighted by Crippen LogP contribution is 2.30. The molecular formula is C12H17N5O. The molecule has 1 aliphatic heterocycles. The zero-order valence-corrected chi connectivity index (χ0v) is 10.6. The number of fused-ring (bicyclic) bond motifs is 1. The number of aliphatic hydroxyl groups excluding tert-OH is 1. The first-order valence-corrected chi connectivity index (χ1v) is 6.26. The molecule has 2 atom stereocenters. The summed E-state index contributed by atoms with van der Waals surface area (Å²) in [5, 5.41) is 17.8. The minimum absolute atomic E-state index is 0.126. The zero-order valence-electron chi connectivity index (χ0n) is 10.6. The van der Waals surface area contributed by atoms with Crippen LogP contribution < -0.4 is 4.90 Å². The van der Waals surface area contributed by atoms with Crippen molar-refractivity contribution in [2.75, 3.05) is 18.1 Å². The predicted molar refractivity (Wildman–Crippen MR) is 67.5 cm³/mol. The Bertz CT molecular complexity index is 567. The lowest BCUT2D eigenvalue weighted by molar-refractivity contribution is 0.244. The Morgan fingerprint density at radius 2 is 2.28 bits per heavy atom. The van der Waals surface area contributed by atoms with E-state index in [0.29, 0.717) is 5.92 Å². The van der Waals surface area contributed by atoms with Crippen LogP contribution in [0.4, 0.5) is 5.82 Å². The molecule has 0 aliphatic carbocycles. The van der Waals surface area contributed by atoms with E-state index < -0.39 is 0 Å². The number of aliphatic hydroxyl groups is 1. The Labute approximate surface area is 105 Å². The monoisotopic (exact) mass is 247 g/mol. The van der Waals surface area contributed by atoms with Crippen molar-refractivity contribution < 1.29 is 5.11 Å². The van der Waals surface area contributed by atoms with Crippen molar-refractivity contribution in [2.45, 2.75) is 26.3 Å². The van der Waals surface area contributed by atoms with Crippen LogP contribution in [0.2, 0.25) is 0 Å². The first kappa shape index (κ1) is 11.4. The molecule has 18 heavy (non-hydrogen) atoms. The highest BCUT2D eigenvalue weighted by Gasteiger charge is 2.32. The number of hydrogen-bond donors (Lipinski definition) is 1. The van der Waals surface area contributed by atoms with Gasteiger partial charge in [0.05, 0.1) is 12.6 Å². The van der Waals surface area contributed by atoms with Gasteiger partial charge in [-0.3, -0.25) is 4.40 Å². The molecule has 0 bridgehead atoms. The lowest BCUT2D eigenvalue weighted by Gasteiger charge is -2.26. The molecule has 1 fully saturated rings. The van der Waals surface area contributed by atoms with Crippen molar-refractivity contribution in [1.29, 1.82) is 0 Å². The van der Waals surface area contributed by atoms with Crippen LogP contribution in [0.1, 0.15) is 19.2 Å². The summed E-state index contributed by atoms with van der Waals surface area (Å²) < 4.78 is 1.93. The van der Waals surface area contributed by atoms with E-state index in [1.807, 2.05) is 17.5 Å². The summed E-state index contributed by atoms with van der Waals surface area (Å²) in [6, 6.07) is 0.126. The van der Waals surface area contributed by atoms with Crippen LogP contribution in [0.15, 0.2) is 12.4 Å². The first-order valence-electron chi connectivity index (χ1n) is 6.26. The highest BCUT2D eigenvalue weighted by atomic mass is 16.3. The number of aryl methyl sites for hydroxylation is 1. The largest absolute Gasteiger partial charge is 0.394 e. The maximum atomic E-state index is 9.53. The Hall–Kier alpha value is -1.69. The minimum atomic E-state index is 0.126. The molecule has 96 valence electrons. The summed E-state index contributed by atoms with van der Waals surface area (Å²) in [6.07, 6.45) is 4.69. The second kappa shape index (κ2) is 4.20. The Balaban J connectivity index is 2.09. The van der Waals surface area contributed by atoms with Gasteiger partial charge in [-0.15, -0.1) is 10.2 Å². The predicted octanol–water partition coefficient (Wildman–Crippen LogP) is 0.640. The van der Waals surface area contributed by atoms with E-state index in [1.54, 1.807) is 6.20 Å². The lowest BCUT2D eigenvalue weighted by atomic mass is 10.0.